The van der Waals surface area contributed by atoms with Gasteiger partial charge in [-0.25, -0.2) is 0 Å². The Bertz CT molecular complexity index is 89.6. The molecule has 0 heterocycles. The topological polar surface area (TPSA) is 0 Å². The number of hydrogen-bond donors (Lipinski definition) is 0. The summed E-state index contributed by atoms with van der Waals surface area (Å²) in [5, 5.41) is 0. The second kappa shape index (κ2) is 4.51. The summed E-state index contributed by atoms with van der Waals surface area (Å²) in [5.74, 6) is 0.814. The second-order valence-corrected chi connectivity index (χ2v) is 4.41. The van der Waals surface area contributed by atoms with Crippen LogP contribution in [-0.2, 0) is 0 Å². The van der Waals surface area contributed by atoms with E-state index in [9.17, 15) is 0 Å². The SMILES string of the molecule is ClB(Cl)CC1CCCCC1. The zero-order valence-corrected chi connectivity index (χ0v) is 7.67. The van der Waals surface area contributed by atoms with Gasteiger partial charge in [0.05, 0.1) is 0 Å². The minimum Gasteiger partial charge on any atom is -0.172 e. The number of halogens is 2. The van der Waals surface area contributed by atoms with Crippen LogP contribution in [0.1, 0.15) is 32.1 Å². The van der Waals surface area contributed by atoms with Gasteiger partial charge >= 0.3 is 5.54 Å². The summed E-state index contributed by atoms with van der Waals surface area (Å²) in [4.78, 5) is 0. The van der Waals surface area contributed by atoms with Crippen molar-refractivity contribution in [2.75, 3.05) is 0 Å². The monoisotopic (exact) mass is 178 g/mol. The Morgan fingerprint density at radius 3 is 2.20 bits per heavy atom. The molecule has 0 saturated heterocycles. The average molecular weight is 179 g/mol. The van der Waals surface area contributed by atoms with Gasteiger partial charge in [0.15, 0.2) is 0 Å². The fraction of sp³-hybridized carbons (Fsp3) is 1.00. The van der Waals surface area contributed by atoms with Gasteiger partial charge in [-0.05, 0) is 12.2 Å². The molecule has 58 valence electrons. The van der Waals surface area contributed by atoms with Crippen LogP contribution >= 0.6 is 22.9 Å². The molecule has 1 fully saturated rings. The first-order chi connectivity index (χ1) is 4.79. The highest BCUT2D eigenvalue weighted by Crippen LogP contribution is 2.28. The van der Waals surface area contributed by atoms with Gasteiger partial charge < -0.3 is 0 Å². The summed E-state index contributed by atoms with van der Waals surface area (Å²) in [6.07, 6.45) is 7.86. The van der Waals surface area contributed by atoms with Crippen molar-refractivity contribution in [3.05, 3.63) is 0 Å². The van der Waals surface area contributed by atoms with Gasteiger partial charge in [0.2, 0.25) is 0 Å². The minimum atomic E-state index is -0.136. The Hall–Kier alpha value is 0.645. The zero-order chi connectivity index (χ0) is 7.40. The Labute approximate surface area is 73.2 Å². The summed E-state index contributed by atoms with van der Waals surface area (Å²) >= 11 is 11.4. The predicted octanol–water partition coefficient (Wildman–Crippen LogP) is 3.53. The van der Waals surface area contributed by atoms with Crippen LogP contribution in [0.25, 0.3) is 0 Å². The average Bonchev–Trinajstić information content (AvgIpc) is 1.88. The molecular weight excluding hydrogens is 166 g/mol. The van der Waals surface area contributed by atoms with E-state index in [2.05, 4.69) is 0 Å². The van der Waals surface area contributed by atoms with E-state index in [1.54, 1.807) is 0 Å². The van der Waals surface area contributed by atoms with Crippen molar-refractivity contribution in [1.29, 1.82) is 0 Å². The van der Waals surface area contributed by atoms with Crippen molar-refractivity contribution in [2.24, 2.45) is 5.92 Å². The van der Waals surface area contributed by atoms with E-state index in [0.717, 1.165) is 12.2 Å². The Balaban J connectivity index is 2.13. The third kappa shape index (κ3) is 3.16. The van der Waals surface area contributed by atoms with Gasteiger partial charge in [0.1, 0.15) is 0 Å². The molecule has 0 N–H and O–H groups in total. The molecule has 0 aromatic heterocycles. The molecule has 0 atom stereocenters. The summed E-state index contributed by atoms with van der Waals surface area (Å²) in [6.45, 7) is 0. The van der Waals surface area contributed by atoms with Crippen LogP contribution in [0.15, 0.2) is 0 Å². The molecule has 0 aromatic rings. The van der Waals surface area contributed by atoms with E-state index >= 15 is 0 Å². The molecule has 0 unspecified atom stereocenters. The highest BCUT2D eigenvalue weighted by Gasteiger charge is 2.18. The minimum absolute atomic E-state index is 0.136. The van der Waals surface area contributed by atoms with E-state index in [1.807, 2.05) is 0 Å². The van der Waals surface area contributed by atoms with Gasteiger partial charge in [-0.2, -0.15) is 22.9 Å². The highest BCUT2D eigenvalue weighted by atomic mass is 35.5. The summed E-state index contributed by atoms with van der Waals surface area (Å²) in [7, 11) is 0. The molecule has 1 aliphatic carbocycles. The Kier molecular flexibility index (Phi) is 3.94. The normalized spacial score (nSPS) is 21.0. The van der Waals surface area contributed by atoms with Crippen molar-refractivity contribution in [3.8, 4) is 0 Å². The van der Waals surface area contributed by atoms with Crippen LogP contribution < -0.4 is 0 Å². The molecular formula is C7H13BCl2. The summed E-state index contributed by atoms with van der Waals surface area (Å²) in [6, 6.07) is 0. The van der Waals surface area contributed by atoms with E-state index in [-0.39, 0.29) is 5.54 Å². The quantitative estimate of drug-likeness (QED) is 0.568. The van der Waals surface area contributed by atoms with Crippen LogP contribution in [-0.4, -0.2) is 5.54 Å². The molecule has 1 saturated carbocycles. The van der Waals surface area contributed by atoms with Crippen molar-refractivity contribution < 1.29 is 0 Å². The molecule has 1 aliphatic rings. The molecule has 1 rings (SSSR count). The van der Waals surface area contributed by atoms with Gasteiger partial charge in [0, 0.05) is 0 Å². The molecule has 3 heteroatoms. The Morgan fingerprint density at radius 2 is 1.70 bits per heavy atom. The third-order valence-electron chi connectivity index (χ3n) is 2.24. The van der Waals surface area contributed by atoms with E-state index in [1.165, 1.54) is 32.1 Å². The van der Waals surface area contributed by atoms with Crippen LogP contribution in [0.2, 0.25) is 6.32 Å². The lowest BCUT2D eigenvalue weighted by Crippen LogP contribution is -2.10. The number of rotatable bonds is 2. The smallest absolute Gasteiger partial charge is 0.172 e. The fourth-order valence-electron chi connectivity index (χ4n) is 1.67. The van der Waals surface area contributed by atoms with Gasteiger partial charge in [-0.1, -0.05) is 32.1 Å². The van der Waals surface area contributed by atoms with E-state index in [4.69, 9.17) is 22.9 Å². The molecule has 0 aliphatic heterocycles. The maximum Gasteiger partial charge on any atom is 0.351 e. The first kappa shape index (κ1) is 8.74. The predicted molar refractivity (Wildman–Crippen MR) is 48.8 cm³/mol. The maximum absolute atomic E-state index is 5.68. The first-order valence-electron chi connectivity index (χ1n) is 4.07. The molecule has 0 spiro atoms. The maximum atomic E-state index is 5.68. The van der Waals surface area contributed by atoms with E-state index < -0.39 is 0 Å². The third-order valence-corrected chi connectivity index (χ3v) is 2.59. The van der Waals surface area contributed by atoms with Crippen molar-refractivity contribution >= 4 is 28.5 Å². The van der Waals surface area contributed by atoms with Crippen molar-refractivity contribution in [3.63, 3.8) is 0 Å². The fourth-order valence-corrected chi connectivity index (χ4v) is 2.18. The molecule has 10 heavy (non-hydrogen) atoms. The number of hydrogen-bond acceptors (Lipinski definition) is 0. The van der Waals surface area contributed by atoms with Crippen LogP contribution in [0, 0.1) is 5.92 Å². The van der Waals surface area contributed by atoms with Crippen LogP contribution in [0.5, 0.6) is 0 Å². The first-order valence-corrected chi connectivity index (χ1v) is 4.94. The zero-order valence-electron chi connectivity index (χ0n) is 6.15. The lowest BCUT2D eigenvalue weighted by molar-refractivity contribution is 0.385. The molecule has 0 amide bonds. The van der Waals surface area contributed by atoms with Gasteiger partial charge in [0.25, 0.3) is 0 Å². The van der Waals surface area contributed by atoms with Crippen molar-refractivity contribution in [2.45, 2.75) is 38.4 Å². The molecule has 0 nitrogen and oxygen atoms in total. The summed E-state index contributed by atoms with van der Waals surface area (Å²) < 4.78 is 0. The van der Waals surface area contributed by atoms with Crippen molar-refractivity contribution in [1.82, 2.24) is 0 Å². The largest absolute Gasteiger partial charge is 0.351 e. The Morgan fingerprint density at radius 1 is 1.10 bits per heavy atom. The van der Waals surface area contributed by atoms with Gasteiger partial charge in [-0.15, -0.1) is 0 Å². The standard InChI is InChI=1S/C7H13BCl2/c9-8(10)6-7-4-2-1-3-5-7/h7H,1-6H2. The highest BCUT2D eigenvalue weighted by molar-refractivity contribution is 7.33. The molecule has 0 radical (unpaired) electrons. The van der Waals surface area contributed by atoms with Crippen LogP contribution in [0.3, 0.4) is 0 Å². The molecule has 0 bridgehead atoms. The van der Waals surface area contributed by atoms with E-state index in [0.29, 0.717) is 0 Å². The van der Waals surface area contributed by atoms with Gasteiger partial charge in [-0.3, -0.25) is 0 Å². The lowest BCUT2D eigenvalue weighted by atomic mass is 9.79. The summed E-state index contributed by atoms with van der Waals surface area (Å²) in [5.41, 5.74) is -0.136. The molecule has 0 aromatic carbocycles. The second-order valence-electron chi connectivity index (χ2n) is 3.13. The van der Waals surface area contributed by atoms with Crippen LogP contribution in [0.4, 0.5) is 0 Å². The lowest BCUT2D eigenvalue weighted by Gasteiger charge is -2.20.